The summed E-state index contributed by atoms with van der Waals surface area (Å²) in [4.78, 5) is 57.4. The summed E-state index contributed by atoms with van der Waals surface area (Å²) in [6, 6.07) is 6.76. The summed E-state index contributed by atoms with van der Waals surface area (Å²) in [5.74, 6) is 7.85. The second-order valence-corrected chi connectivity index (χ2v) is 13.4. The first-order valence-corrected chi connectivity index (χ1v) is 17.2. The van der Waals surface area contributed by atoms with Crippen LogP contribution in [0.2, 0.25) is 0 Å². The summed E-state index contributed by atoms with van der Waals surface area (Å²) in [5, 5.41) is 5.60. The largest absolute Gasteiger partial charge is 0.453 e. The molecule has 13 nitrogen and oxygen atoms in total. The number of aromatic amines is 2. The first kappa shape index (κ1) is 36.0. The number of imidazole rings is 2. The van der Waals surface area contributed by atoms with Gasteiger partial charge in [0.25, 0.3) is 0 Å². The Balaban J connectivity index is 1.23. The third-order valence-corrected chi connectivity index (χ3v) is 9.39. The van der Waals surface area contributed by atoms with Crippen molar-refractivity contribution in [1.82, 2.24) is 40.4 Å². The number of carbonyl (C=O) groups excluding carboxylic acids is 3. The summed E-state index contributed by atoms with van der Waals surface area (Å²) >= 11 is 0. The number of alkyl carbamates (subject to hydrolysis) is 2. The van der Waals surface area contributed by atoms with Crippen molar-refractivity contribution >= 4 is 18.1 Å². The predicted molar refractivity (Wildman–Crippen MR) is 188 cm³/mol. The summed E-state index contributed by atoms with van der Waals surface area (Å²) < 4.78 is 9.57. The number of H-pyrrole nitrogens is 2. The van der Waals surface area contributed by atoms with Gasteiger partial charge in [-0.1, -0.05) is 52.3 Å². The molecule has 13 heteroatoms. The highest BCUT2D eigenvalue weighted by Crippen LogP contribution is 2.35. The van der Waals surface area contributed by atoms with E-state index in [2.05, 4.69) is 53.9 Å². The van der Waals surface area contributed by atoms with Crippen LogP contribution in [0.25, 0.3) is 11.3 Å². The van der Waals surface area contributed by atoms with Crippen LogP contribution in [0.3, 0.4) is 0 Å². The normalized spacial score (nSPS) is 18.4. The van der Waals surface area contributed by atoms with Crippen LogP contribution in [0, 0.1) is 23.7 Å². The average molecular weight is 685 g/mol. The molecule has 0 unspecified atom stereocenters. The number of amides is 3. The van der Waals surface area contributed by atoms with E-state index in [0.717, 1.165) is 60.6 Å². The Hall–Kier alpha value is -5.25. The lowest BCUT2D eigenvalue weighted by atomic mass is 10.00. The summed E-state index contributed by atoms with van der Waals surface area (Å²) in [7, 11) is 2.65. The van der Waals surface area contributed by atoms with Gasteiger partial charge in [0, 0.05) is 24.4 Å². The Morgan fingerprint density at radius 2 is 1.38 bits per heavy atom. The van der Waals surface area contributed by atoms with E-state index in [0.29, 0.717) is 18.1 Å². The molecule has 0 radical (unpaired) electrons. The second-order valence-electron chi connectivity index (χ2n) is 13.4. The molecule has 0 bridgehead atoms. The van der Waals surface area contributed by atoms with Crippen LogP contribution in [0.1, 0.15) is 88.4 Å². The number of ether oxygens (including phenoxy) is 2. The molecule has 0 spiro atoms. The highest BCUT2D eigenvalue weighted by Gasteiger charge is 2.38. The van der Waals surface area contributed by atoms with E-state index in [1.165, 1.54) is 14.2 Å². The van der Waals surface area contributed by atoms with Crippen molar-refractivity contribution in [3.05, 3.63) is 71.8 Å². The Labute approximate surface area is 293 Å². The third kappa shape index (κ3) is 8.13. The number of aromatic nitrogens is 4. The molecule has 4 atom stereocenters. The lowest BCUT2D eigenvalue weighted by Crippen LogP contribution is -2.51. The zero-order valence-corrected chi connectivity index (χ0v) is 29.7. The topological polar surface area (TPSA) is 158 Å². The summed E-state index contributed by atoms with van der Waals surface area (Å²) in [6.45, 7) is 13.6. The lowest BCUT2D eigenvalue weighted by molar-refractivity contribution is -0.135. The number of benzene rings is 1. The molecule has 2 aliphatic rings. The van der Waals surface area contributed by atoms with Crippen LogP contribution in [-0.2, 0) is 14.3 Å². The Morgan fingerprint density at radius 1 is 0.820 bits per heavy atom. The predicted octanol–water partition coefficient (Wildman–Crippen LogP) is 5.27. The number of carbonyl (C=O) groups is 3. The second kappa shape index (κ2) is 16.0. The fourth-order valence-corrected chi connectivity index (χ4v) is 6.68. The van der Waals surface area contributed by atoms with Crippen LogP contribution in [-0.4, -0.2) is 87.2 Å². The maximum atomic E-state index is 13.5. The molecular formula is C37H48N8O5. The number of nitrogens with one attached hydrogen (secondary N) is 4. The van der Waals surface area contributed by atoms with Crippen LogP contribution >= 0.6 is 0 Å². The van der Waals surface area contributed by atoms with Crippen LogP contribution < -0.4 is 10.6 Å². The molecule has 4 N–H and O–H groups in total. The van der Waals surface area contributed by atoms with E-state index >= 15 is 0 Å². The SMILES string of the molecule is C=C([C@@H](NC(=O)OC)C(C)C)N1CCC[C@H]1c1ncc(C#Cc2ccc(-c3cnc([C@@H]4CCCN4C(=O)[C@@H](NC(=O)OC)C(C)C)[nH]3)cc2)[nH]1. The average Bonchev–Trinajstić information content (AvgIpc) is 3.94. The minimum absolute atomic E-state index is 0.0138. The molecule has 266 valence electrons. The van der Waals surface area contributed by atoms with Crippen molar-refractivity contribution < 1.29 is 23.9 Å². The molecule has 0 saturated carbocycles. The van der Waals surface area contributed by atoms with Gasteiger partial charge in [-0.3, -0.25) is 4.79 Å². The molecule has 3 amide bonds. The van der Waals surface area contributed by atoms with Gasteiger partial charge in [0.15, 0.2) is 0 Å². The maximum Gasteiger partial charge on any atom is 0.407 e. The monoisotopic (exact) mass is 684 g/mol. The van der Waals surface area contributed by atoms with Gasteiger partial charge >= 0.3 is 12.2 Å². The summed E-state index contributed by atoms with van der Waals surface area (Å²) in [6.07, 6.45) is 5.97. The van der Waals surface area contributed by atoms with Gasteiger partial charge in [0.05, 0.1) is 50.4 Å². The van der Waals surface area contributed by atoms with Crippen molar-refractivity contribution in [3.8, 4) is 23.1 Å². The number of methoxy groups -OCH3 is 2. The van der Waals surface area contributed by atoms with Gasteiger partial charge in [-0.25, -0.2) is 19.6 Å². The Kier molecular flexibility index (Phi) is 11.5. The molecule has 0 aliphatic carbocycles. The molecular weight excluding hydrogens is 636 g/mol. The highest BCUT2D eigenvalue weighted by atomic mass is 16.5. The highest BCUT2D eigenvalue weighted by molar-refractivity contribution is 5.86. The number of likely N-dealkylation sites (tertiary alicyclic amines) is 2. The van der Waals surface area contributed by atoms with Crippen molar-refractivity contribution in [1.29, 1.82) is 0 Å². The maximum absolute atomic E-state index is 13.5. The molecule has 3 aromatic rings. The fraction of sp³-hybridized carbons (Fsp3) is 0.486. The molecule has 1 aromatic carbocycles. The quantitative estimate of drug-likeness (QED) is 0.210. The van der Waals surface area contributed by atoms with Crippen molar-refractivity contribution in [2.45, 2.75) is 77.5 Å². The van der Waals surface area contributed by atoms with Gasteiger partial charge in [-0.15, -0.1) is 0 Å². The van der Waals surface area contributed by atoms with Crippen molar-refractivity contribution in [2.75, 3.05) is 27.3 Å². The minimum atomic E-state index is -0.684. The Morgan fingerprint density at radius 3 is 2.00 bits per heavy atom. The van der Waals surface area contributed by atoms with Gasteiger partial charge in [-0.05, 0) is 61.1 Å². The van der Waals surface area contributed by atoms with Crippen LogP contribution in [0.4, 0.5) is 9.59 Å². The third-order valence-electron chi connectivity index (χ3n) is 9.39. The van der Waals surface area contributed by atoms with Crippen LogP contribution in [0.5, 0.6) is 0 Å². The van der Waals surface area contributed by atoms with Crippen LogP contribution in [0.15, 0.2) is 48.9 Å². The number of rotatable bonds is 10. The van der Waals surface area contributed by atoms with E-state index in [1.54, 1.807) is 17.3 Å². The zero-order valence-electron chi connectivity index (χ0n) is 29.7. The first-order valence-electron chi connectivity index (χ1n) is 17.2. The summed E-state index contributed by atoms with van der Waals surface area (Å²) in [5.41, 5.74) is 4.19. The van der Waals surface area contributed by atoms with Gasteiger partial charge in [-0.2, -0.15) is 0 Å². The van der Waals surface area contributed by atoms with E-state index in [9.17, 15) is 14.4 Å². The molecule has 2 aromatic heterocycles. The zero-order chi connectivity index (χ0) is 35.9. The fourth-order valence-electron chi connectivity index (χ4n) is 6.68. The molecule has 2 saturated heterocycles. The standard InChI is InChI=1S/C37H48N8O5/c1-22(2)31(42-36(47)49-6)24(5)44-18-8-10-29(44)33-38-20-27(40-33)17-14-25-12-15-26(16-13-25)28-21-39-34(41-28)30-11-9-19-45(30)35(46)32(23(3)4)43-37(48)50-7/h12-13,15-16,20-23,29-32H,5,8-11,18-19H2,1-4,6-7H3,(H,38,40)(H,39,41)(H,42,47)(H,43,48)/t29-,30-,31-,32-/m0/s1. The van der Waals surface area contributed by atoms with Crippen molar-refractivity contribution in [2.24, 2.45) is 11.8 Å². The van der Waals surface area contributed by atoms with E-state index in [1.807, 2.05) is 52.0 Å². The van der Waals surface area contributed by atoms with Gasteiger partial charge in [0.2, 0.25) is 5.91 Å². The Bertz CT molecular complexity index is 1730. The molecule has 2 fully saturated rings. The molecule has 4 heterocycles. The van der Waals surface area contributed by atoms with Crippen molar-refractivity contribution in [3.63, 3.8) is 0 Å². The van der Waals surface area contributed by atoms with Gasteiger partial charge < -0.3 is 39.9 Å². The van der Waals surface area contributed by atoms with E-state index in [-0.39, 0.29) is 35.9 Å². The van der Waals surface area contributed by atoms with E-state index < -0.39 is 18.2 Å². The number of hydrogen-bond donors (Lipinski definition) is 4. The minimum Gasteiger partial charge on any atom is -0.453 e. The van der Waals surface area contributed by atoms with Gasteiger partial charge in [0.1, 0.15) is 23.4 Å². The molecule has 2 aliphatic heterocycles. The first-order chi connectivity index (χ1) is 24.0. The van der Waals surface area contributed by atoms with E-state index in [4.69, 9.17) is 9.47 Å². The molecule has 5 rings (SSSR count). The lowest BCUT2D eigenvalue weighted by Gasteiger charge is -2.34. The smallest absolute Gasteiger partial charge is 0.407 e. The number of nitrogens with zero attached hydrogens (tertiary/aromatic N) is 4. The molecule has 50 heavy (non-hydrogen) atoms. The number of hydrogen-bond acceptors (Lipinski definition) is 8.